The molecule has 1 saturated carbocycles. The number of nitrogens with zero attached hydrogens (tertiary/aromatic N) is 2. The third-order valence-electron chi connectivity index (χ3n) is 2.87. The summed E-state index contributed by atoms with van der Waals surface area (Å²) in [6.07, 6.45) is 3.71. The third kappa shape index (κ3) is 1.95. The summed E-state index contributed by atoms with van der Waals surface area (Å²) in [7, 11) is 1.88. The Labute approximate surface area is 84.1 Å². The molecule has 14 heavy (non-hydrogen) atoms. The molecule has 78 valence electrons. The van der Waals surface area contributed by atoms with Crippen molar-refractivity contribution in [2.24, 2.45) is 5.92 Å². The lowest BCUT2D eigenvalue weighted by Gasteiger charge is -2.01. The molecule has 1 aromatic rings. The van der Waals surface area contributed by atoms with Crippen LogP contribution in [0.1, 0.15) is 43.8 Å². The zero-order valence-electron chi connectivity index (χ0n) is 8.79. The first kappa shape index (κ1) is 9.65. The monoisotopic (exact) mass is 195 g/mol. The summed E-state index contributed by atoms with van der Waals surface area (Å²) >= 11 is 0. The molecule has 1 aliphatic rings. The summed E-state index contributed by atoms with van der Waals surface area (Å²) < 4.78 is 5.13. The van der Waals surface area contributed by atoms with E-state index in [-0.39, 0.29) is 0 Å². The zero-order chi connectivity index (χ0) is 9.97. The SMILES string of the molecule is CNCc1nc(C2CCC(C)C2)no1. The van der Waals surface area contributed by atoms with E-state index in [0.717, 1.165) is 11.7 Å². The smallest absolute Gasteiger partial charge is 0.240 e. The standard InChI is InChI=1S/C10H17N3O/c1-7-3-4-8(5-7)10-12-9(6-11-2)14-13-10/h7-8,11H,3-6H2,1-2H3. The second-order valence-corrected chi connectivity index (χ2v) is 4.19. The van der Waals surface area contributed by atoms with E-state index in [1.807, 2.05) is 7.05 Å². The van der Waals surface area contributed by atoms with E-state index < -0.39 is 0 Å². The van der Waals surface area contributed by atoms with Crippen LogP contribution >= 0.6 is 0 Å². The highest BCUT2D eigenvalue weighted by atomic mass is 16.5. The van der Waals surface area contributed by atoms with E-state index in [4.69, 9.17) is 4.52 Å². The van der Waals surface area contributed by atoms with Gasteiger partial charge < -0.3 is 9.84 Å². The molecule has 0 radical (unpaired) electrons. The van der Waals surface area contributed by atoms with Gasteiger partial charge in [-0.05, 0) is 32.2 Å². The Morgan fingerprint density at radius 3 is 3.00 bits per heavy atom. The van der Waals surface area contributed by atoms with Crippen LogP contribution < -0.4 is 5.32 Å². The first-order valence-corrected chi connectivity index (χ1v) is 5.26. The lowest BCUT2D eigenvalue weighted by atomic mass is 10.1. The topological polar surface area (TPSA) is 51.0 Å². The number of rotatable bonds is 3. The van der Waals surface area contributed by atoms with Gasteiger partial charge in [0.05, 0.1) is 6.54 Å². The van der Waals surface area contributed by atoms with Gasteiger partial charge in [-0.25, -0.2) is 0 Å². The molecule has 0 aromatic carbocycles. The Hall–Kier alpha value is -0.900. The molecule has 0 saturated heterocycles. The third-order valence-corrected chi connectivity index (χ3v) is 2.87. The number of nitrogens with one attached hydrogen (secondary N) is 1. The van der Waals surface area contributed by atoms with E-state index in [1.54, 1.807) is 0 Å². The minimum absolute atomic E-state index is 0.527. The molecule has 0 spiro atoms. The van der Waals surface area contributed by atoms with E-state index in [1.165, 1.54) is 19.3 Å². The fourth-order valence-electron chi connectivity index (χ4n) is 2.10. The zero-order valence-corrected chi connectivity index (χ0v) is 8.79. The average molecular weight is 195 g/mol. The molecule has 1 fully saturated rings. The van der Waals surface area contributed by atoms with Crippen LogP contribution in [0.25, 0.3) is 0 Å². The maximum atomic E-state index is 5.13. The number of hydrogen-bond acceptors (Lipinski definition) is 4. The molecule has 4 nitrogen and oxygen atoms in total. The quantitative estimate of drug-likeness (QED) is 0.797. The maximum Gasteiger partial charge on any atom is 0.240 e. The van der Waals surface area contributed by atoms with Crippen molar-refractivity contribution < 1.29 is 4.52 Å². The van der Waals surface area contributed by atoms with Crippen LogP contribution in [0.15, 0.2) is 4.52 Å². The van der Waals surface area contributed by atoms with Gasteiger partial charge in [0.1, 0.15) is 0 Å². The van der Waals surface area contributed by atoms with Crippen molar-refractivity contribution in [3.05, 3.63) is 11.7 Å². The fraction of sp³-hybridized carbons (Fsp3) is 0.800. The molecule has 0 amide bonds. The largest absolute Gasteiger partial charge is 0.338 e. The van der Waals surface area contributed by atoms with Gasteiger partial charge in [-0.1, -0.05) is 12.1 Å². The van der Waals surface area contributed by atoms with Crippen LogP contribution in [0.4, 0.5) is 0 Å². The van der Waals surface area contributed by atoms with Crippen molar-refractivity contribution in [2.45, 2.75) is 38.6 Å². The second-order valence-electron chi connectivity index (χ2n) is 4.19. The molecule has 4 heteroatoms. The Balaban J connectivity index is 2.02. The molecule has 2 rings (SSSR count). The Morgan fingerprint density at radius 2 is 2.36 bits per heavy atom. The van der Waals surface area contributed by atoms with Crippen molar-refractivity contribution >= 4 is 0 Å². The van der Waals surface area contributed by atoms with Crippen molar-refractivity contribution in [3.63, 3.8) is 0 Å². The minimum atomic E-state index is 0.527. The average Bonchev–Trinajstić information content (AvgIpc) is 2.74. The van der Waals surface area contributed by atoms with E-state index in [9.17, 15) is 0 Å². The second kappa shape index (κ2) is 4.09. The molecule has 1 aliphatic carbocycles. The van der Waals surface area contributed by atoms with Crippen LogP contribution in [0.2, 0.25) is 0 Å². The number of hydrogen-bond donors (Lipinski definition) is 1. The van der Waals surface area contributed by atoms with Crippen LogP contribution in [0, 0.1) is 5.92 Å². The predicted octanol–water partition coefficient (Wildman–Crippen LogP) is 1.69. The molecule has 1 aromatic heterocycles. The fourth-order valence-corrected chi connectivity index (χ4v) is 2.10. The van der Waals surface area contributed by atoms with E-state index >= 15 is 0 Å². The van der Waals surface area contributed by atoms with Gasteiger partial charge in [0, 0.05) is 5.92 Å². The Bertz CT molecular complexity index is 297. The molecule has 0 bridgehead atoms. The number of aromatic nitrogens is 2. The van der Waals surface area contributed by atoms with Gasteiger partial charge in [0.15, 0.2) is 5.82 Å². The lowest BCUT2D eigenvalue weighted by Crippen LogP contribution is -2.05. The van der Waals surface area contributed by atoms with Gasteiger partial charge in [0.2, 0.25) is 5.89 Å². The lowest BCUT2D eigenvalue weighted by molar-refractivity contribution is 0.363. The normalized spacial score (nSPS) is 27.0. The summed E-state index contributed by atoms with van der Waals surface area (Å²) in [6, 6.07) is 0. The molecule has 2 atom stereocenters. The van der Waals surface area contributed by atoms with Crippen LogP contribution in [0.3, 0.4) is 0 Å². The summed E-state index contributed by atoms with van der Waals surface area (Å²) in [5.41, 5.74) is 0. The molecule has 1 heterocycles. The van der Waals surface area contributed by atoms with E-state index in [0.29, 0.717) is 18.4 Å². The first-order valence-electron chi connectivity index (χ1n) is 5.26. The van der Waals surface area contributed by atoms with Crippen LogP contribution in [-0.4, -0.2) is 17.2 Å². The molecule has 2 unspecified atom stereocenters. The Morgan fingerprint density at radius 1 is 1.50 bits per heavy atom. The van der Waals surface area contributed by atoms with Gasteiger partial charge in [-0.15, -0.1) is 0 Å². The van der Waals surface area contributed by atoms with Crippen LogP contribution in [-0.2, 0) is 6.54 Å². The summed E-state index contributed by atoms with van der Waals surface area (Å²) in [5.74, 6) is 2.94. The van der Waals surface area contributed by atoms with Gasteiger partial charge >= 0.3 is 0 Å². The summed E-state index contributed by atoms with van der Waals surface area (Å²) in [4.78, 5) is 4.38. The molecular weight excluding hydrogens is 178 g/mol. The van der Waals surface area contributed by atoms with Gasteiger partial charge in [0.25, 0.3) is 0 Å². The van der Waals surface area contributed by atoms with E-state index in [2.05, 4.69) is 22.4 Å². The highest BCUT2D eigenvalue weighted by molar-refractivity contribution is 4.98. The summed E-state index contributed by atoms with van der Waals surface area (Å²) in [6.45, 7) is 2.95. The molecule has 1 N–H and O–H groups in total. The van der Waals surface area contributed by atoms with Crippen molar-refractivity contribution in [2.75, 3.05) is 7.05 Å². The van der Waals surface area contributed by atoms with Crippen molar-refractivity contribution in [1.29, 1.82) is 0 Å². The predicted molar refractivity (Wildman–Crippen MR) is 52.8 cm³/mol. The molecular formula is C10H17N3O. The minimum Gasteiger partial charge on any atom is -0.338 e. The van der Waals surface area contributed by atoms with Gasteiger partial charge in [-0.2, -0.15) is 4.98 Å². The first-order chi connectivity index (χ1) is 6.79. The van der Waals surface area contributed by atoms with Crippen LogP contribution in [0.5, 0.6) is 0 Å². The highest BCUT2D eigenvalue weighted by Gasteiger charge is 2.26. The summed E-state index contributed by atoms with van der Waals surface area (Å²) in [5, 5.41) is 7.03. The van der Waals surface area contributed by atoms with Crippen molar-refractivity contribution in [1.82, 2.24) is 15.5 Å². The highest BCUT2D eigenvalue weighted by Crippen LogP contribution is 2.36. The Kier molecular flexibility index (Phi) is 2.82. The molecule has 0 aliphatic heterocycles. The van der Waals surface area contributed by atoms with Gasteiger partial charge in [-0.3, -0.25) is 0 Å². The van der Waals surface area contributed by atoms with Crippen molar-refractivity contribution in [3.8, 4) is 0 Å². The maximum absolute atomic E-state index is 5.13.